The van der Waals surface area contributed by atoms with Gasteiger partial charge in [0.15, 0.2) is 5.17 Å². The van der Waals surface area contributed by atoms with Crippen molar-refractivity contribution in [3.63, 3.8) is 0 Å². The molecule has 0 spiro atoms. The van der Waals surface area contributed by atoms with Crippen LogP contribution in [0.2, 0.25) is 0 Å². The maximum atomic E-state index is 11.1. The summed E-state index contributed by atoms with van der Waals surface area (Å²) in [6, 6.07) is 11.2. The van der Waals surface area contributed by atoms with Crippen molar-refractivity contribution in [1.29, 1.82) is 0 Å². The highest BCUT2D eigenvalue weighted by molar-refractivity contribution is 8.14. The van der Waals surface area contributed by atoms with Crippen molar-refractivity contribution in [3.8, 4) is 0 Å². The molecule has 3 rings (SSSR count). The molecule has 2 atom stereocenters. The van der Waals surface area contributed by atoms with E-state index in [2.05, 4.69) is 34.9 Å². The van der Waals surface area contributed by atoms with E-state index in [4.69, 9.17) is 4.99 Å². The van der Waals surface area contributed by atoms with Gasteiger partial charge in [-0.25, -0.2) is 0 Å². The van der Waals surface area contributed by atoms with E-state index >= 15 is 0 Å². The lowest BCUT2D eigenvalue weighted by atomic mass is 10.1. The van der Waals surface area contributed by atoms with E-state index in [0.717, 1.165) is 23.8 Å². The molecule has 2 unspecified atom stereocenters. The molecule has 2 N–H and O–H groups in total. The van der Waals surface area contributed by atoms with Gasteiger partial charge in [-0.15, -0.1) is 0 Å². The minimum absolute atomic E-state index is 0.158. The number of hydrogen-bond donors (Lipinski definition) is 2. The number of carbonyl (C=O) groups is 1. The maximum Gasteiger partial charge on any atom is 0.220 e. The van der Waals surface area contributed by atoms with Gasteiger partial charge in [-0.1, -0.05) is 42.1 Å². The Hall–Kier alpha value is -1.49. The van der Waals surface area contributed by atoms with Crippen molar-refractivity contribution in [3.05, 3.63) is 35.9 Å². The zero-order valence-corrected chi connectivity index (χ0v) is 12.2. The predicted molar refractivity (Wildman–Crippen MR) is 83.0 cm³/mol. The van der Waals surface area contributed by atoms with E-state index < -0.39 is 0 Å². The molecule has 20 heavy (non-hydrogen) atoms. The number of thioether (sulfide) groups is 1. The third kappa shape index (κ3) is 3.54. The van der Waals surface area contributed by atoms with E-state index in [1.807, 2.05) is 6.07 Å². The van der Waals surface area contributed by atoms with Crippen LogP contribution < -0.4 is 10.6 Å². The molecule has 1 saturated heterocycles. The smallest absolute Gasteiger partial charge is 0.220 e. The molecule has 106 valence electrons. The summed E-state index contributed by atoms with van der Waals surface area (Å²) in [4.78, 5) is 15.9. The highest BCUT2D eigenvalue weighted by Crippen LogP contribution is 2.20. The number of benzene rings is 1. The Morgan fingerprint density at radius 3 is 2.95 bits per heavy atom. The fourth-order valence-corrected chi connectivity index (χ4v) is 3.53. The first kappa shape index (κ1) is 13.5. The number of amidine groups is 1. The molecule has 2 aliphatic rings. The zero-order chi connectivity index (χ0) is 13.8. The molecule has 5 heteroatoms. The van der Waals surface area contributed by atoms with Gasteiger partial charge in [0, 0.05) is 24.8 Å². The average Bonchev–Trinajstić information content (AvgIpc) is 2.90. The molecular formula is C15H19N3OS. The molecular weight excluding hydrogens is 270 g/mol. The molecule has 4 nitrogen and oxygen atoms in total. The van der Waals surface area contributed by atoms with Gasteiger partial charge < -0.3 is 10.6 Å². The molecule has 2 aliphatic heterocycles. The number of rotatable bonds is 3. The second-order valence-electron chi connectivity index (χ2n) is 5.27. The van der Waals surface area contributed by atoms with E-state index in [1.165, 1.54) is 5.56 Å². The fourth-order valence-electron chi connectivity index (χ4n) is 2.52. The van der Waals surface area contributed by atoms with Gasteiger partial charge in [0.05, 0.1) is 6.04 Å². The molecule has 1 fully saturated rings. The van der Waals surface area contributed by atoms with Crippen LogP contribution in [0.5, 0.6) is 0 Å². The first-order chi connectivity index (χ1) is 9.79. The Kier molecular flexibility index (Phi) is 4.25. The average molecular weight is 289 g/mol. The van der Waals surface area contributed by atoms with Gasteiger partial charge in [0.2, 0.25) is 5.91 Å². The molecule has 1 amide bonds. The van der Waals surface area contributed by atoms with Crippen LogP contribution in [0.4, 0.5) is 0 Å². The fraction of sp³-hybridized carbons (Fsp3) is 0.467. The number of nitrogens with one attached hydrogen (secondary N) is 2. The first-order valence-electron chi connectivity index (χ1n) is 7.07. The predicted octanol–water partition coefficient (Wildman–Crippen LogP) is 1.57. The molecule has 0 radical (unpaired) electrons. The molecule has 1 aromatic rings. The van der Waals surface area contributed by atoms with E-state index in [-0.39, 0.29) is 5.91 Å². The summed E-state index contributed by atoms with van der Waals surface area (Å²) in [7, 11) is 0. The lowest BCUT2D eigenvalue weighted by Crippen LogP contribution is -2.46. The van der Waals surface area contributed by atoms with Crippen molar-refractivity contribution in [2.45, 2.75) is 31.3 Å². The van der Waals surface area contributed by atoms with Gasteiger partial charge in [-0.3, -0.25) is 9.79 Å². The Labute approximate surface area is 123 Å². The SMILES string of the molecule is O=C1CCC(NC2=NC(Cc3ccccc3)CS2)CN1. The van der Waals surface area contributed by atoms with Crippen LogP contribution in [0, 0.1) is 0 Å². The molecule has 1 aromatic carbocycles. The Morgan fingerprint density at radius 2 is 2.20 bits per heavy atom. The van der Waals surface area contributed by atoms with E-state index in [0.29, 0.717) is 25.0 Å². The number of piperidine rings is 1. The number of carbonyl (C=O) groups excluding carboxylic acids is 1. The highest BCUT2D eigenvalue weighted by atomic mass is 32.2. The Balaban J connectivity index is 1.51. The normalized spacial score (nSPS) is 26.0. The topological polar surface area (TPSA) is 53.5 Å². The van der Waals surface area contributed by atoms with Crippen molar-refractivity contribution in [2.75, 3.05) is 12.3 Å². The summed E-state index contributed by atoms with van der Waals surface area (Å²) < 4.78 is 0. The van der Waals surface area contributed by atoms with Gasteiger partial charge in [-0.2, -0.15) is 0 Å². The van der Waals surface area contributed by atoms with Crippen molar-refractivity contribution in [1.82, 2.24) is 10.6 Å². The van der Waals surface area contributed by atoms with Crippen LogP contribution in [-0.2, 0) is 11.2 Å². The number of amides is 1. The molecule has 0 aliphatic carbocycles. The van der Waals surface area contributed by atoms with Crippen LogP contribution >= 0.6 is 11.8 Å². The van der Waals surface area contributed by atoms with Gasteiger partial charge >= 0.3 is 0 Å². The molecule has 2 heterocycles. The standard InChI is InChI=1S/C15H19N3OS/c19-14-7-6-12(9-16-14)17-15-18-13(10-20-15)8-11-4-2-1-3-5-11/h1-5,12-13H,6-10H2,(H,16,19)(H,17,18). The largest absolute Gasteiger partial charge is 0.360 e. The lowest BCUT2D eigenvalue weighted by molar-refractivity contribution is -0.122. The molecule has 0 aromatic heterocycles. The highest BCUT2D eigenvalue weighted by Gasteiger charge is 2.23. The van der Waals surface area contributed by atoms with Crippen LogP contribution in [-0.4, -0.2) is 35.5 Å². The van der Waals surface area contributed by atoms with Gasteiger partial charge in [0.25, 0.3) is 0 Å². The minimum Gasteiger partial charge on any atom is -0.360 e. The van der Waals surface area contributed by atoms with Gasteiger partial charge in [-0.05, 0) is 18.4 Å². The van der Waals surface area contributed by atoms with Crippen LogP contribution in [0.15, 0.2) is 35.3 Å². The Bertz CT molecular complexity index is 493. The number of aliphatic imine (C=N–C) groups is 1. The Morgan fingerprint density at radius 1 is 1.35 bits per heavy atom. The summed E-state index contributed by atoms with van der Waals surface area (Å²) in [6.07, 6.45) is 2.51. The second kappa shape index (κ2) is 6.31. The van der Waals surface area contributed by atoms with Crippen LogP contribution in [0.25, 0.3) is 0 Å². The first-order valence-corrected chi connectivity index (χ1v) is 8.06. The van der Waals surface area contributed by atoms with Crippen LogP contribution in [0.3, 0.4) is 0 Å². The third-order valence-corrected chi connectivity index (χ3v) is 4.67. The number of nitrogens with zero attached hydrogens (tertiary/aromatic N) is 1. The van der Waals surface area contributed by atoms with E-state index in [1.54, 1.807) is 11.8 Å². The summed E-state index contributed by atoms with van der Waals surface area (Å²) in [5.74, 6) is 1.20. The summed E-state index contributed by atoms with van der Waals surface area (Å²) in [5.41, 5.74) is 1.34. The molecule has 0 saturated carbocycles. The minimum atomic E-state index is 0.158. The monoisotopic (exact) mass is 289 g/mol. The number of hydrogen-bond acceptors (Lipinski definition) is 4. The van der Waals surface area contributed by atoms with E-state index in [9.17, 15) is 4.79 Å². The van der Waals surface area contributed by atoms with Crippen molar-refractivity contribution >= 4 is 22.8 Å². The zero-order valence-electron chi connectivity index (χ0n) is 11.3. The van der Waals surface area contributed by atoms with Crippen molar-refractivity contribution < 1.29 is 4.79 Å². The summed E-state index contributed by atoms with van der Waals surface area (Å²) in [5, 5.41) is 7.38. The molecule has 0 bridgehead atoms. The third-order valence-electron chi connectivity index (χ3n) is 3.62. The summed E-state index contributed by atoms with van der Waals surface area (Å²) in [6.45, 7) is 0.710. The lowest BCUT2D eigenvalue weighted by Gasteiger charge is -2.23. The summed E-state index contributed by atoms with van der Waals surface area (Å²) >= 11 is 1.79. The second-order valence-corrected chi connectivity index (χ2v) is 6.28. The van der Waals surface area contributed by atoms with Crippen LogP contribution in [0.1, 0.15) is 18.4 Å². The quantitative estimate of drug-likeness (QED) is 0.888. The van der Waals surface area contributed by atoms with Gasteiger partial charge in [0.1, 0.15) is 0 Å². The van der Waals surface area contributed by atoms with Crippen molar-refractivity contribution in [2.24, 2.45) is 4.99 Å². The maximum absolute atomic E-state index is 11.1.